The summed E-state index contributed by atoms with van der Waals surface area (Å²) >= 11 is 12.1. The molecule has 4 aromatic carbocycles. The van der Waals surface area contributed by atoms with Gasteiger partial charge in [-0.25, -0.2) is 8.42 Å². The average Bonchev–Trinajstić information content (AvgIpc) is 2.90. The monoisotopic (exact) mass is 570 g/mol. The molecule has 4 rings (SSSR count). The smallest absolute Gasteiger partial charge is 0.261 e. The van der Waals surface area contributed by atoms with Crippen molar-refractivity contribution >= 4 is 50.6 Å². The number of rotatable bonds is 9. The first-order valence-electron chi connectivity index (χ1n) is 11.1. The Bertz CT molecular complexity index is 1590. The number of phenols is 1. The number of anilines is 1. The van der Waals surface area contributed by atoms with E-state index in [0.717, 1.165) is 0 Å². The molecule has 0 aliphatic rings. The number of nitrogens with one attached hydrogen (secondary N) is 2. The van der Waals surface area contributed by atoms with Gasteiger partial charge in [0.2, 0.25) is 0 Å². The van der Waals surface area contributed by atoms with E-state index in [0.29, 0.717) is 16.5 Å². The van der Waals surface area contributed by atoms with Crippen LogP contribution in [0.3, 0.4) is 0 Å². The first-order valence-corrected chi connectivity index (χ1v) is 13.3. The lowest BCUT2D eigenvalue weighted by molar-refractivity contribution is 0.0904. The Labute approximate surface area is 228 Å². The molecule has 38 heavy (non-hydrogen) atoms. The summed E-state index contributed by atoms with van der Waals surface area (Å²) in [5.41, 5.74) is 0.190. The topological polar surface area (TPSA) is 122 Å². The number of carbonyl (C=O) groups is 2. The number of aromatic hydroxyl groups is 1. The molecular weight excluding hydrogens is 551 g/mol. The second-order valence-corrected chi connectivity index (χ2v) is 10.5. The molecule has 3 N–H and O–H groups in total. The van der Waals surface area contributed by atoms with Crippen LogP contribution in [0.15, 0.2) is 95.9 Å². The van der Waals surface area contributed by atoms with Crippen molar-refractivity contribution in [3.8, 4) is 17.2 Å². The Hall–Kier alpha value is -4.05. The Morgan fingerprint density at radius 2 is 1.55 bits per heavy atom. The second-order valence-electron chi connectivity index (χ2n) is 7.95. The minimum absolute atomic E-state index is 0.00389. The predicted octanol–water partition coefficient (Wildman–Crippen LogP) is 5.90. The molecule has 0 aromatic heterocycles. The van der Waals surface area contributed by atoms with E-state index in [9.17, 15) is 23.1 Å². The first-order chi connectivity index (χ1) is 18.1. The molecule has 0 bridgehead atoms. The van der Waals surface area contributed by atoms with E-state index in [1.165, 1.54) is 66.7 Å². The van der Waals surface area contributed by atoms with Gasteiger partial charge in [0, 0.05) is 10.6 Å². The van der Waals surface area contributed by atoms with Gasteiger partial charge in [0.15, 0.2) is 5.78 Å². The SMILES string of the molecule is O=C(CNC(=O)c1cc(Cl)ccc1NS(=O)(=O)c1ccc(Oc2ccccc2Cl)cc1)c1ccc(O)cc1. The number of ketones is 1. The fraction of sp³-hybridized carbons (Fsp3) is 0.0370. The molecule has 0 unspecified atom stereocenters. The van der Waals surface area contributed by atoms with Gasteiger partial charge in [-0.3, -0.25) is 14.3 Å². The van der Waals surface area contributed by atoms with E-state index >= 15 is 0 Å². The van der Waals surface area contributed by atoms with Crippen molar-refractivity contribution in [2.75, 3.05) is 11.3 Å². The van der Waals surface area contributed by atoms with Crippen molar-refractivity contribution in [2.45, 2.75) is 4.90 Å². The molecule has 0 atom stereocenters. The molecule has 0 fully saturated rings. The van der Waals surface area contributed by atoms with Gasteiger partial charge in [-0.1, -0.05) is 35.3 Å². The van der Waals surface area contributed by atoms with Gasteiger partial charge in [-0.2, -0.15) is 0 Å². The third kappa shape index (κ3) is 6.63. The molecule has 0 aliphatic heterocycles. The molecule has 1 amide bonds. The van der Waals surface area contributed by atoms with Crippen molar-refractivity contribution < 1.29 is 27.9 Å². The number of Topliss-reactive ketones (excluding diaryl/α,β-unsaturated/α-hetero) is 1. The number of carbonyl (C=O) groups excluding carboxylic acids is 2. The Morgan fingerprint density at radius 1 is 0.868 bits per heavy atom. The highest BCUT2D eigenvalue weighted by atomic mass is 35.5. The lowest BCUT2D eigenvalue weighted by Crippen LogP contribution is -2.30. The molecule has 4 aromatic rings. The quantitative estimate of drug-likeness (QED) is 0.215. The summed E-state index contributed by atoms with van der Waals surface area (Å²) in [5, 5.41) is 12.4. The fourth-order valence-corrected chi connectivity index (χ4v) is 4.77. The number of ether oxygens (including phenoxy) is 1. The Kier molecular flexibility index (Phi) is 8.21. The number of benzene rings is 4. The molecule has 0 saturated carbocycles. The van der Waals surface area contributed by atoms with Crippen molar-refractivity contribution in [2.24, 2.45) is 0 Å². The molecular formula is C27H20Cl2N2O6S. The zero-order chi connectivity index (χ0) is 27.3. The van der Waals surface area contributed by atoms with Crippen molar-refractivity contribution in [1.29, 1.82) is 0 Å². The number of hydrogen-bond donors (Lipinski definition) is 3. The maximum Gasteiger partial charge on any atom is 0.261 e. The molecule has 0 saturated heterocycles. The van der Waals surface area contributed by atoms with Crippen LogP contribution in [0.4, 0.5) is 5.69 Å². The lowest BCUT2D eigenvalue weighted by atomic mass is 10.1. The zero-order valence-electron chi connectivity index (χ0n) is 19.5. The molecule has 8 nitrogen and oxygen atoms in total. The van der Waals surface area contributed by atoms with Crippen LogP contribution in [0.25, 0.3) is 0 Å². The normalized spacial score (nSPS) is 11.0. The van der Waals surface area contributed by atoms with Gasteiger partial charge in [0.1, 0.15) is 17.2 Å². The van der Waals surface area contributed by atoms with Crippen LogP contribution in [0, 0.1) is 0 Å². The highest BCUT2D eigenvalue weighted by molar-refractivity contribution is 7.92. The molecule has 0 radical (unpaired) electrons. The van der Waals surface area contributed by atoms with Crippen LogP contribution in [-0.2, 0) is 10.0 Å². The average molecular weight is 571 g/mol. The van der Waals surface area contributed by atoms with E-state index in [2.05, 4.69) is 10.0 Å². The lowest BCUT2D eigenvalue weighted by Gasteiger charge is -2.14. The van der Waals surface area contributed by atoms with Crippen molar-refractivity contribution in [3.05, 3.63) is 112 Å². The standard InChI is InChI=1S/C27H20Cl2N2O6S/c28-18-7-14-24(22(15-18)27(34)30-16-25(33)17-5-8-19(32)9-6-17)31-38(35,36)21-12-10-20(11-13-21)37-26-4-2-1-3-23(26)29/h1-15,31-32H,16H2,(H,30,34). The summed E-state index contributed by atoms with van der Waals surface area (Å²) in [5.74, 6) is -0.308. The Morgan fingerprint density at radius 3 is 2.24 bits per heavy atom. The third-order valence-corrected chi connectivity index (χ3v) is 7.20. The number of phenolic OH excluding ortho intramolecular Hbond substituents is 1. The third-order valence-electron chi connectivity index (χ3n) is 5.27. The minimum Gasteiger partial charge on any atom is -0.508 e. The minimum atomic E-state index is -4.10. The van der Waals surface area contributed by atoms with E-state index in [1.807, 2.05) is 0 Å². The van der Waals surface area contributed by atoms with Crippen LogP contribution < -0.4 is 14.8 Å². The summed E-state index contributed by atoms with van der Waals surface area (Å²) in [6, 6.07) is 22.1. The van der Waals surface area contributed by atoms with E-state index in [1.54, 1.807) is 24.3 Å². The number of sulfonamides is 1. The van der Waals surface area contributed by atoms with E-state index in [4.69, 9.17) is 27.9 Å². The number of amides is 1. The van der Waals surface area contributed by atoms with E-state index < -0.39 is 21.7 Å². The van der Waals surface area contributed by atoms with Gasteiger partial charge in [0.05, 0.1) is 27.7 Å². The summed E-state index contributed by atoms with van der Waals surface area (Å²) in [7, 11) is -4.10. The highest BCUT2D eigenvalue weighted by Gasteiger charge is 2.20. The summed E-state index contributed by atoms with van der Waals surface area (Å²) in [4.78, 5) is 25.1. The molecule has 0 heterocycles. The zero-order valence-corrected chi connectivity index (χ0v) is 21.8. The molecule has 194 valence electrons. The maximum absolute atomic E-state index is 13.1. The van der Waals surface area contributed by atoms with E-state index in [-0.39, 0.29) is 39.0 Å². The summed E-state index contributed by atoms with van der Waals surface area (Å²) in [6.45, 7) is -0.352. The van der Waals surface area contributed by atoms with Crippen LogP contribution in [-0.4, -0.2) is 31.8 Å². The molecule has 11 heteroatoms. The number of para-hydroxylation sites is 1. The fourth-order valence-electron chi connectivity index (χ4n) is 3.34. The van der Waals surface area contributed by atoms with Gasteiger partial charge in [0.25, 0.3) is 15.9 Å². The number of halogens is 2. The van der Waals surface area contributed by atoms with Gasteiger partial charge < -0.3 is 15.2 Å². The molecule has 0 aliphatic carbocycles. The van der Waals surface area contributed by atoms with Crippen LogP contribution in [0.1, 0.15) is 20.7 Å². The van der Waals surface area contributed by atoms with Gasteiger partial charge in [-0.15, -0.1) is 0 Å². The van der Waals surface area contributed by atoms with Crippen LogP contribution in [0.5, 0.6) is 17.2 Å². The first kappa shape index (κ1) is 27.0. The predicted molar refractivity (Wildman–Crippen MR) is 145 cm³/mol. The Balaban J connectivity index is 1.48. The van der Waals surface area contributed by atoms with Crippen LogP contribution >= 0.6 is 23.2 Å². The van der Waals surface area contributed by atoms with Crippen molar-refractivity contribution in [1.82, 2.24) is 5.32 Å². The largest absolute Gasteiger partial charge is 0.508 e. The highest BCUT2D eigenvalue weighted by Crippen LogP contribution is 2.30. The van der Waals surface area contributed by atoms with Crippen LogP contribution in [0.2, 0.25) is 10.0 Å². The van der Waals surface area contributed by atoms with Crippen molar-refractivity contribution in [3.63, 3.8) is 0 Å². The number of hydrogen-bond acceptors (Lipinski definition) is 6. The maximum atomic E-state index is 13.1. The molecule has 0 spiro atoms. The summed E-state index contributed by atoms with van der Waals surface area (Å²) in [6.07, 6.45) is 0. The van der Waals surface area contributed by atoms with Gasteiger partial charge in [-0.05, 0) is 78.9 Å². The second kappa shape index (κ2) is 11.6. The summed E-state index contributed by atoms with van der Waals surface area (Å²) < 4.78 is 34.2. The van der Waals surface area contributed by atoms with Gasteiger partial charge >= 0.3 is 0 Å².